The van der Waals surface area contributed by atoms with Gasteiger partial charge in [-0.05, 0) is 32.0 Å². The number of carbonyl (C=O) groups excluding carboxylic acids is 1. The minimum atomic E-state index is -0.328. The lowest BCUT2D eigenvalue weighted by Gasteiger charge is -2.06. The molecule has 0 unspecified atom stereocenters. The number of benzene rings is 1. The Morgan fingerprint density at radius 2 is 2.18 bits per heavy atom. The van der Waals surface area contributed by atoms with Crippen LogP contribution >= 0.6 is 22.9 Å². The average molecular weight is 272 g/mol. The molecular formula is C12H11ClFNOS. The molecule has 0 fully saturated rings. The minimum Gasteiger partial charge on any atom is -0.349 e. The van der Waals surface area contributed by atoms with E-state index in [0.29, 0.717) is 20.0 Å². The molecule has 1 N–H and O–H groups in total. The lowest BCUT2D eigenvalue weighted by molar-refractivity contribution is 0.0947. The number of fused-ring (bicyclic) bond motifs is 1. The molecule has 1 aromatic carbocycles. The summed E-state index contributed by atoms with van der Waals surface area (Å²) in [5.74, 6) is -0.544. The van der Waals surface area contributed by atoms with Crippen LogP contribution in [-0.2, 0) is 0 Å². The second-order valence-corrected chi connectivity index (χ2v) is 5.44. The standard InChI is InChI=1S/C12H11ClFNOS/c1-6(2)15-12(16)11-10(13)8-4-3-7(14)5-9(8)17-11/h3-6H,1-2H3,(H,15,16). The summed E-state index contributed by atoms with van der Waals surface area (Å²) in [5.41, 5.74) is 0. The molecule has 2 aromatic rings. The predicted molar refractivity (Wildman–Crippen MR) is 69.4 cm³/mol. The maximum atomic E-state index is 13.1. The normalized spacial score (nSPS) is 11.1. The Labute approximate surface area is 107 Å². The summed E-state index contributed by atoms with van der Waals surface area (Å²) in [4.78, 5) is 12.3. The van der Waals surface area contributed by atoms with Crippen LogP contribution in [0.4, 0.5) is 4.39 Å². The quantitative estimate of drug-likeness (QED) is 0.884. The van der Waals surface area contributed by atoms with Gasteiger partial charge in [0.05, 0.1) is 5.02 Å². The van der Waals surface area contributed by atoms with Crippen molar-refractivity contribution >= 4 is 38.9 Å². The van der Waals surface area contributed by atoms with Gasteiger partial charge in [0.2, 0.25) is 0 Å². The van der Waals surface area contributed by atoms with Crippen molar-refractivity contribution in [3.05, 3.63) is 33.9 Å². The third kappa shape index (κ3) is 2.42. The summed E-state index contributed by atoms with van der Waals surface area (Å²) in [7, 11) is 0. The minimum absolute atomic E-state index is 0.0421. The highest BCUT2D eigenvalue weighted by molar-refractivity contribution is 7.21. The molecule has 1 heterocycles. The summed E-state index contributed by atoms with van der Waals surface area (Å²) in [6, 6.07) is 4.36. The van der Waals surface area contributed by atoms with Crippen LogP contribution in [0.25, 0.3) is 10.1 Å². The smallest absolute Gasteiger partial charge is 0.263 e. The highest BCUT2D eigenvalue weighted by atomic mass is 35.5. The molecular weight excluding hydrogens is 261 g/mol. The van der Waals surface area contributed by atoms with E-state index in [2.05, 4.69) is 5.32 Å². The van der Waals surface area contributed by atoms with Gasteiger partial charge in [0.15, 0.2) is 0 Å². The molecule has 1 amide bonds. The van der Waals surface area contributed by atoms with Crippen molar-refractivity contribution in [1.82, 2.24) is 5.32 Å². The Balaban J connectivity index is 2.48. The van der Waals surface area contributed by atoms with Gasteiger partial charge in [-0.1, -0.05) is 11.6 Å². The van der Waals surface area contributed by atoms with Crippen molar-refractivity contribution in [2.24, 2.45) is 0 Å². The van der Waals surface area contributed by atoms with E-state index >= 15 is 0 Å². The van der Waals surface area contributed by atoms with Crippen molar-refractivity contribution in [3.8, 4) is 0 Å². The van der Waals surface area contributed by atoms with E-state index in [1.54, 1.807) is 6.07 Å². The highest BCUT2D eigenvalue weighted by Crippen LogP contribution is 2.35. The molecule has 2 nitrogen and oxygen atoms in total. The van der Waals surface area contributed by atoms with Crippen LogP contribution in [0.15, 0.2) is 18.2 Å². The zero-order chi connectivity index (χ0) is 12.6. The van der Waals surface area contributed by atoms with Gasteiger partial charge < -0.3 is 5.32 Å². The topological polar surface area (TPSA) is 29.1 Å². The van der Waals surface area contributed by atoms with E-state index in [0.717, 1.165) is 0 Å². The van der Waals surface area contributed by atoms with E-state index in [4.69, 9.17) is 11.6 Å². The van der Waals surface area contributed by atoms with E-state index in [1.807, 2.05) is 13.8 Å². The molecule has 90 valence electrons. The Hall–Kier alpha value is -1.13. The highest BCUT2D eigenvalue weighted by Gasteiger charge is 2.17. The van der Waals surface area contributed by atoms with Gasteiger partial charge >= 0.3 is 0 Å². The van der Waals surface area contributed by atoms with Crippen molar-refractivity contribution in [3.63, 3.8) is 0 Å². The van der Waals surface area contributed by atoms with Gasteiger partial charge in [0.1, 0.15) is 10.7 Å². The van der Waals surface area contributed by atoms with E-state index in [9.17, 15) is 9.18 Å². The summed E-state index contributed by atoms with van der Waals surface area (Å²) >= 11 is 7.32. The Morgan fingerprint density at radius 3 is 2.82 bits per heavy atom. The average Bonchev–Trinajstić information content (AvgIpc) is 2.54. The number of hydrogen-bond acceptors (Lipinski definition) is 2. The molecule has 5 heteroatoms. The molecule has 0 aliphatic heterocycles. The van der Waals surface area contributed by atoms with Gasteiger partial charge in [-0.15, -0.1) is 11.3 Å². The summed E-state index contributed by atoms with van der Waals surface area (Å²) < 4.78 is 13.7. The molecule has 0 saturated carbocycles. The third-order valence-electron chi connectivity index (χ3n) is 2.22. The molecule has 2 rings (SSSR count). The van der Waals surface area contributed by atoms with Crippen LogP contribution in [0.2, 0.25) is 5.02 Å². The second-order valence-electron chi connectivity index (χ2n) is 4.01. The number of rotatable bonds is 2. The Kier molecular flexibility index (Phi) is 3.35. The lowest BCUT2D eigenvalue weighted by Crippen LogP contribution is -2.29. The fraction of sp³-hybridized carbons (Fsp3) is 0.250. The van der Waals surface area contributed by atoms with Gasteiger partial charge in [0, 0.05) is 16.1 Å². The number of carbonyl (C=O) groups is 1. The number of amides is 1. The first-order valence-electron chi connectivity index (χ1n) is 5.17. The fourth-order valence-electron chi connectivity index (χ4n) is 1.51. The van der Waals surface area contributed by atoms with Gasteiger partial charge in [-0.2, -0.15) is 0 Å². The Morgan fingerprint density at radius 1 is 1.47 bits per heavy atom. The van der Waals surface area contributed by atoms with Gasteiger partial charge in [-0.25, -0.2) is 4.39 Å². The van der Waals surface area contributed by atoms with Crippen LogP contribution in [0.1, 0.15) is 23.5 Å². The van der Waals surface area contributed by atoms with Crippen LogP contribution in [0.5, 0.6) is 0 Å². The maximum absolute atomic E-state index is 13.1. The SMILES string of the molecule is CC(C)NC(=O)c1sc2cc(F)ccc2c1Cl. The van der Waals surface area contributed by atoms with E-state index < -0.39 is 0 Å². The molecule has 0 aliphatic carbocycles. The second kappa shape index (κ2) is 4.63. The molecule has 0 aliphatic rings. The molecule has 0 bridgehead atoms. The molecule has 0 radical (unpaired) electrons. The van der Waals surface area contributed by atoms with Crippen LogP contribution in [0, 0.1) is 5.82 Å². The number of thiophene rings is 1. The van der Waals surface area contributed by atoms with Crippen molar-refractivity contribution < 1.29 is 9.18 Å². The van der Waals surface area contributed by atoms with E-state index in [-0.39, 0.29) is 17.8 Å². The third-order valence-corrected chi connectivity index (χ3v) is 3.87. The first-order chi connectivity index (χ1) is 7.99. The summed E-state index contributed by atoms with van der Waals surface area (Å²) in [6.07, 6.45) is 0. The van der Waals surface area contributed by atoms with E-state index in [1.165, 1.54) is 23.5 Å². The first kappa shape index (κ1) is 12.3. The van der Waals surface area contributed by atoms with Gasteiger partial charge in [-0.3, -0.25) is 4.79 Å². The molecule has 0 saturated heterocycles. The van der Waals surface area contributed by atoms with Crippen LogP contribution in [-0.4, -0.2) is 11.9 Å². The number of nitrogens with one attached hydrogen (secondary N) is 1. The first-order valence-corrected chi connectivity index (χ1v) is 6.37. The fourth-order valence-corrected chi connectivity index (χ4v) is 2.96. The molecule has 0 spiro atoms. The maximum Gasteiger partial charge on any atom is 0.263 e. The molecule has 17 heavy (non-hydrogen) atoms. The number of hydrogen-bond donors (Lipinski definition) is 1. The Bertz CT molecular complexity index is 579. The zero-order valence-corrected chi connectivity index (χ0v) is 11.0. The van der Waals surface area contributed by atoms with Crippen LogP contribution in [0.3, 0.4) is 0 Å². The molecule has 0 atom stereocenters. The molecule has 1 aromatic heterocycles. The van der Waals surface area contributed by atoms with Crippen LogP contribution < -0.4 is 5.32 Å². The van der Waals surface area contributed by atoms with Crippen molar-refractivity contribution in [2.45, 2.75) is 19.9 Å². The summed E-state index contributed by atoms with van der Waals surface area (Å²) in [5, 5.41) is 3.88. The predicted octanol–water partition coefficient (Wildman–Crippen LogP) is 3.83. The lowest BCUT2D eigenvalue weighted by atomic mass is 10.2. The zero-order valence-electron chi connectivity index (χ0n) is 9.38. The largest absolute Gasteiger partial charge is 0.349 e. The monoisotopic (exact) mass is 271 g/mol. The van der Waals surface area contributed by atoms with Crippen molar-refractivity contribution in [2.75, 3.05) is 0 Å². The number of halogens is 2. The summed E-state index contributed by atoms with van der Waals surface area (Å²) in [6.45, 7) is 3.75. The van der Waals surface area contributed by atoms with Gasteiger partial charge in [0.25, 0.3) is 5.91 Å². The van der Waals surface area contributed by atoms with Crippen molar-refractivity contribution in [1.29, 1.82) is 0 Å².